The van der Waals surface area contributed by atoms with Gasteiger partial charge < -0.3 is 10.6 Å². The van der Waals surface area contributed by atoms with E-state index in [1.165, 1.54) is 18.0 Å². The maximum absolute atomic E-state index is 11.8. The molecular formula is C8H10N6OS. The molecule has 7 nitrogen and oxygen atoms in total. The fraction of sp³-hybridized carbons (Fsp3) is 0.250. The lowest BCUT2D eigenvalue weighted by Gasteiger charge is -2.33. The zero-order valence-electron chi connectivity index (χ0n) is 8.76. The molecular weight excluding hydrogens is 228 g/mol. The minimum Gasteiger partial charge on any atom is -0.623 e. The Labute approximate surface area is 96.3 Å². The van der Waals surface area contributed by atoms with Crippen LogP contribution in [0.2, 0.25) is 0 Å². The van der Waals surface area contributed by atoms with E-state index in [9.17, 15) is 5.21 Å². The third-order valence-corrected chi connectivity index (χ3v) is 3.01. The second kappa shape index (κ2) is 3.32. The Bertz CT molecular complexity index is 467. The summed E-state index contributed by atoms with van der Waals surface area (Å²) in [7, 11) is 1.82. The largest absolute Gasteiger partial charge is 0.623 e. The van der Waals surface area contributed by atoms with Gasteiger partial charge in [-0.2, -0.15) is 5.01 Å². The average Bonchev–Trinajstić information content (AvgIpc) is 2.82. The molecule has 0 aromatic heterocycles. The number of rotatable bonds is 0. The van der Waals surface area contributed by atoms with Crippen molar-refractivity contribution in [2.45, 2.75) is 0 Å². The number of aliphatic imine (C=N–C) groups is 2. The van der Waals surface area contributed by atoms with E-state index in [0.29, 0.717) is 22.5 Å². The first-order valence-corrected chi connectivity index (χ1v) is 5.91. The third-order valence-electron chi connectivity index (χ3n) is 2.47. The molecule has 0 aromatic carbocycles. The van der Waals surface area contributed by atoms with Gasteiger partial charge in [-0.25, -0.2) is 9.98 Å². The Kier molecular flexibility index (Phi) is 2.04. The van der Waals surface area contributed by atoms with Crippen molar-refractivity contribution in [3.05, 3.63) is 29.1 Å². The number of hydroxylamine groups is 2. The van der Waals surface area contributed by atoms with E-state index in [0.717, 1.165) is 0 Å². The molecule has 0 saturated heterocycles. The van der Waals surface area contributed by atoms with Gasteiger partial charge >= 0.3 is 0 Å². The molecule has 1 unspecified atom stereocenters. The Morgan fingerprint density at radius 2 is 2.31 bits per heavy atom. The van der Waals surface area contributed by atoms with Crippen molar-refractivity contribution in [3.8, 4) is 0 Å². The zero-order chi connectivity index (χ0) is 11.3. The van der Waals surface area contributed by atoms with Crippen molar-refractivity contribution in [1.82, 2.24) is 15.6 Å². The number of nitrogens with zero attached hydrogens (tertiary/aromatic N) is 4. The Balaban J connectivity index is 2.07. The number of quaternary nitrogens is 1. The van der Waals surface area contributed by atoms with Gasteiger partial charge in [-0.15, -0.1) is 5.12 Å². The van der Waals surface area contributed by atoms with E-state index in [1.54, 1.807) is 16.3 Å². The average molecular weight is 238 g/mol. The number of nitrogens with one attached hydrogen (secondary N) is 2. The molecule has 0 fully saturated rings. The predicted molar refractivity (Wildman–Crippen MR) is 61.6 cm³/mol. The molecule has 1 atom stereocenters. The van der Waals surface area contributed by atoms with E-state index >= 15 is 0 Å². The first-order chi connectivity index (χ1) is 7.70. The van der Waals surface area contributed by atoms with E-state index in [4.69, 9.17) is 0 Å². The van der Waals surface area contributed by atoms with Gasteiger partial charge in [0, 0.05) is 7.05 Å². The molecule has 8 heteroatoms. The second-order valence-corrected chi connectivity index (χ2v) is 4.20. The van der Waals surface area contributed by atoms with Crippen LogP contribution in [0, 0.1) is 5.21 Å². The van der Waals surface area contributed by atoms with Crippen LogP contribution in [-0.4, -0.2) is 34.4 Å². The highest BCUT2D eigenvalue weighted by Crippen LogP contribution is 2.23. The molecule has 0 aromatic rings. The van der Waals surface area contributed by atoms with E-state index in [1.807, 2.05) is 13.3 Å². The summed E-state index contributed by atoms with van der Waals surface area (Å²) in [5.41, 5.74) is 3.57. The first kappa shape index (κ1) is 9.85. The maximum Gasteiger partial charge on any atom is 0.246 e. The number of fused-ring (bicyclic) bond motifs is 3. The molecule has 16 heavy (non-hydrogen) atoms. The zero-order valence-corrected chi connectivity index (χ0v) is 9.58. The summed E-state index contributed by atoms with van der Waals surface area (Å²) in [4.78, 5) is 8.64. The van der Waals surface area contributed by atoms with E-state index < -0.39 is 0 Å². The van der Waals surface area contributed by atoms with Gasteiger partial charge in [-0.05, 0) is 6.26 Å². The van der Waals surface area contributed by atoms with Crippen molar-refractivity contribution >= 4 is 22.8 Å². The molecule has 0 amide bonds. The lowest BCUT2D eigenvalue weighted by molar-refractivity contribution is -0.760. The monoisotopic (exact) mass is 238 g/mol. The summed E-state index contributed by atoms with van der Waals surface area (Å²) in [5, 5.41) is 15.8. The Morgan fingerprint density at radius 1 is 1.50 bits per heavy atom. The highest BCUT2D eigenvalue weighted by atomic mass is 32.2. The van der Waals surface area contributed by atoms with Crippen LogP contribution in [0.5, 0.6) is 0 Å². The lowest BCUT2D eigenvalue weighted by atomic mass is 10.3. The number of hydrogen-bond acceptors (Lipinski definition) is 7. The number of hydrazine groups is 2. The van der Waals surface area contributed by atoms with Gasteiger partial charge in [0.15, 0.2) is 16.7 Å². The standard InChI is InChI=1S/C8H10N6OS/c1-12-9-3-6-13(15)4-5-7(14(6)12)11-8(10-5)16-2/h3-4,9,13H,1-2H3. The maximum atomic E-state index is 11.8. The topological polar surface area (TPSA) is 70.7 Å². The van der Waals surface area contributed by atoms with Gasteiger partial charge in [0.25, 0.3) is 0 Å². The van der Waals surface area contributed by atoms with Crippen LogP contribution in [-0.2, 0) is 0 Å². The predicted octanol–water partition coefficient (Wildman–Crippen LogP) is -1.18. The molecule has 0 radical (unpaired) electrons. The molecule has 3 heterocycles. The second-order valence-electron chi connectivity index (χ2n) is 3.42. The van der Waals surface area contributed by atoms with Crippen LogP contribution in [0.4, 0.5) is 0 Å². The molecule has 3 rings (SSSR count). The normalized spacial score (nSPS) is 27.7. The van der Waals surface area contributed by atoms with Gasteiger partial charge in [0.1, 0.15) is 6.20 Å². The molecule has 3 aliphatic rings. The van der Waals surface area contributed by atoms with Crippen LogP contribution in [0.25, 0.3) is 0 Å². The molecule has 84 valence electrons. The van der Waals surface area contributed by atoms with Crippen molar-refractivity contribution in [2.75, 3.05) is 13.3 Å². The van der Waals surface area contributed by atoms with Crippen molar-refractivity contribution in [1.29, 1.82) is 0 Å². The van der Waals surface area contributed by atoms with Crippen molar-refractivity contribution in [2.24, 2.45) is 9.98 Å². The Hall–Kier alpha value is -1.35. The number of amidine groups is 2. The summed E-state index contributed by atoms with van der Waals surface area (Å²) in [5.74, 6) is 1.27. The van der Waals surface area contributed by atoms with Gasteiger partial charge in [-0.3, -0.25) is 5.06 Å². The summed E-state index contributed by atoms with van der Waals surface area (Å²) in [6, 6.07) is 0. The highest BCUT2D eigenvalue weighted by molar-refractivity contribution is 8.13. The van der Waals surface area contributed by atoms with Crippen LogP contribution in [0.1, 0.15) is 0 Å². The number of thioether (sulfide) groups is 1. The molecule has 2 N–H and O–H groups in total. The van der Waals surface area contributed by atoms with E-state index in [-0.39, 0.29) is 5.06 Å². The molecule has 0 aliphatic carbocycles. The Morgan fingerprint density at radius 3 is 3.06 bits per heavy atom. The summed E-state index contributed by atoms with van der Waals surface area (Å²) in [6.07, 6.45) is 5.09. The summed E-state index contributed by atoms with van der Waals surface area (Å²) in [6.45, 7) is 0. The van der Waals surface area contributed by atoms with Crippen LogP contribution < -0.4 is 10.5 Å². The minimum atomic E-state index is -0.0584. The first-order valence-electron chi connectivity index (χ1n) is 4.68. The smallest absolute Gasteiger partial charge is 0.246 e. The fourth-order valence-corrected chi connectivity index (χ4v) is 2.10. The molecule has 0 bridgehead atoms. The summed E-state index contributed by atoms with van der Waals surface area (Å²) >= 11 is 1.46. The van der Waals surface area contributed by atoms with Gasteiger partial charge in [0.05, 0.1) is 6.20 Å². The lowest BCUT2D eigenvalue weighted by Crippen LogP contribution is -3.03. The minimum absolute atomic E-state index is 0.0584. The molecule has 0 spiro atoms. The SMILES string of the molecule is CSC1=NC2=C[NH+]([O-])C3=CNN(C)N3C2=N1. The van der Waals surface area contributed by atoms with Crippen molar-refractivity contribution in [3.63, 3.8) is 0 Å². The van der Waals surface area contributed by atoms with E-state index in [2.05, 4.69) is 15.4 Å². The van der Waals surface area contributed by atoms with Crippen LogP contribution in [0.15, 0.2) is 33.9 Å². The highest BCUT2D eigenvalue weighted by Gasteiger charge is 2.39. The van der Waals surface area contributed by atoms with Gasteiger partial charge in [-0.1, -0.05) is 11.8 Å². The fourth-order valence-electron chi connectivity index (χ4n) is 1.73. The van der Waals surface area contributed by atoms with Crippen molar-refractivity contribution < 1.29 is 5.06 Å². The summed E-state index contributed by atoms with van der Waals surface area (Å²) < 4.78 is 0. The van der Waals surface area contributed by atoms with Crippen LogP contribution >= 0.6 is 11.8 Å². The molecule has 3 aliphatic heterocycles. The third kappa shape index (κ3) is 1.21. The number of hydrogen-bond donors (Lipinski definition) is 2. The molecule has 0 saturated carbocycles. The van der Waals surface area contributed by atoms with Crippen LogP contribution in [0.3, 0.4) is 0 Å². The quantitative estimate of drug-likeness (QED) is 0.520. The van der Waals surface area contributed by atoms with Gasteiger partial charge in [0.2, 0.25) is 5.82 Å².